The van der Waals surface area contributed by atoms with Crippen LogP contribution in [-0.2, 0) is 13.1 Å². The number of halogens is 1. The zero-order chi connectivity index (χ0) is 17.2. The van der Waals surface area contributed by atoms with Gasteiger partial charge in [-0.2, -0.15) is 0 Å². The molecular weight excluding hydrogens is 352 g/mol. The summed E-state index contributed by atoms with van der Waals surface area (Å²) < 4.78 is 11.8. The SMILES string of the molecule is CCN(CC1COc2ccccc2O1)C(=O)c1ccc2c(c1)CNC2.Cl. The Labute approximate surface area is 159 Å². The summed E-state index contributed by atoms with van der Waals surface area (Å²) in [6, 6.07) is 13.6. The molecule has 1 amide bonds. The van der Waals surface area contributed by atoms with Crippen LogP contribution in [0.5, 0.6) is 11.5 Å². The van der Waals surface area contributed by atoms with E-state index in [0.29, 0.717) is 19.7 Å². The van der Waals surface area contributed by atoms with Crippen molar-refractivity contribution in [2.45, 2.75) is 26.1 Å². The smallest absolute Gasteiger partial charge is 0.253 e. The highest BCUT2D eigenvalue weighted by molar-refractivity contribution is 5.94. The van der Waals surface area contributed by atoms with Crippen molar-refractivity contribution >= 4 is 18.3 Å². The second-order valence-electron chi connectivity index (χ2n) is 6.43. The van der Waals surface area contributed by atoms with Gasteiger partial charge in [-0.3, -0.25) is 4.79 Å². The number of hydrogen-bond acceptors (Lipinski definition) is 4. The molecule has 2 aliphatic heterocycles. The fraction of sp³-hybridized carbons (Fsp3) is 0.350. The predicted molar refractivity (Wildman–Crippen MR) is 102 cm³/mol. The van der Waals surface area contributed by atoms with Crippen molar-refractivity contribution in [3.8, 4) is 11.5 Å². The molecule has 0 aromatic heterocycles. The molecule has 2 aromatic rings. The van der Waals surface area contributed by atoms with Gasteiger partial charge in [0.05, 0.1) is 6.54 Å². The Bertz CT molecular complexity index is 796. The molecule has 0 fully saturated rings. The van der Waals surface area contributed by atoms with Gasteiger partial charge in [0.25, 0.3) is 5.91 Å². The molecule has 26 heavy (non-hydrogen) atoms. The highest BCUT2D eigenvalue weighted by Gasteiger charge is 2.25. The van der Waals surface area contributed by atoms with Gasteiger partial charge in [-0.25, -0.2) is 0 Å². The van der Waals surface area contributed by atoms with Crippen LogP contribution < -0.4 is 14.8 Å². The molecule has 0 saturated heterocycles. The van der Waals surface area contributed by atoms with E-state index in [2.05, 4.69) is 5.32 Å². The van der Waals surface area contributed by atoms with Crippen molar-refractivity contribution in [1.82, 2.24) is 10.2 Å². The number of carbonyl (C=O) groups is 1. The third-order valence-corrected chi connectivity index (χ3v) is 4.74. The molecule has 1 unspecified atom stereocenters. The van der Waals surface area contributed by atoms with E-state index in [1.165, 1.54) is 11.1 Å². The standard InChI is InChI=1S/C20H22N2O3.ClH/c1-2-22(12-17-13-24-18-5-3-4-6-19(18)25-17)20(23)14-7-8-15-10-21-11-16(15)9-14;/h3-9,17,21H,2,10-13H2,1H3;1H. The van der Waals surface area contributed by atoms with E-state index in [1.807, 2.05) is 54.3 Å². The van der Waals surface area contributed by atoms with Crippen LogP contribution in [0.3, 0.4) is 0 Å². The molecule has 1 N–H and O–H groups in total. The minimum atomic E-state index is -0.158. The number of likely N-dealkylation sites (N-methyl/N-ethyl adjacent to an activating group) is 1. The molecule has 0 spiro atoms. The number of carbonyl (C=O) groups excluding carboxylic acids is 1. The van der Waals surface area contributed by atoms with E-state index < -0.39 is 0 Å². The van der Waals surface area contributed by atoms with Crippen LogP contribution in [0.25, 0.3) is 0 Å². The summed E-state index contributed by atoms with van der Waals surface area (Å²) in [5.41, 5.74) is 3.23. The normalized spacial score (nSPS) is 17.2. The van der Waals surface area contributed by atoms with Gasteiger partial charge in [0.1, 0.15) is 6.61 Å². The molecular formula is C20H23ClN2O3. The molecule has 5 nitrogen and oxygen atoms in total. The third-order valence-electron chi connectivity index (χ3n) is 4.74. The first-order chi connectivity index (χ1) is 12.2. The lowest BCUT2D eigenvalue weighted by Crippen LogP contribution is -2.43. The molecule has 0 saturated carbocycles. The summed E-state index contributed by atoms with van der Waals surface area (Å²) in [6.07, 6.45) is -0.158. The Morgan fingerprint density at radius 3 is 2.73 bits per heavy atom. The molecule has 6 heteroatoms. The minimum absolute atomic E-state index is 0. The number of fused-ring (bicyclic) bond motifs is 2. The fourth-order valence-corrected chi connectivity index (χ4v) is 3.36. The summed E-state index contributed by atoms with van der Waals surface area (Å²) in [5.74, 6) is 1.55. The van der Waals surface area contributed by atoms with Crippen LogP contribution >= 0.6 is 12.4 Å². The zero-order valence-corrected chi connectivity index (χ0v) is 15.6. The van der Waals surface area contributed by atoms with E-state index in [9.17, 15) is 4.79 Å². The molecule has 0 radical (unpaired) electrons. The lowest BCUT2D eigenvalue weighted by Gasteiger charge is -2.31. The fourth-order valence-electron chi connectivity index (χ4n) is 3.36. The number of nitrogens with zero attached hydrogens (tertiary/aromatic N) is 1. The summed E-state index contributed by atoms with van der Waals surface area (Å²) in [4.78, 5) is 14.7. The van der Waals surface area contributed by atoms with Crippen LogP contribution in [0.4, 0.5) is 0 Å². The molecule has 0 bridgehead atoms. The van der Waals surface area contributed by atoms with E-state index in [4.69, 9.17) is 9.47 Å². The van der Waals surface area contributed by atoms with Gasteiger partial charge >= 0.3 is 0 Å². The quantitative estimate of drug-likeness (QED) is 0.893. The Hall–Kier alpha value is -2.24. The number of hydrogen-bond donors (Lipinski definition) is 1. The maximum Gasteiger partial charge on any atom is 0.253 e. The molecule has 1 atom stereocenters. The van der Waals surface area contributed by atoms with Crippen molar-refractivity contribution in [2.24, 2.45) is 0 Å². The number of nitrogens with one attached hydrogen (secondary N) is 1. The Balaban J connectivity index is 0.00000196. The predicted octanol–water partition coefficient (Wildman–Crippen LogP) is 3.01. The highest BCUT2D eigenvalue weighted by atomic mass is 35.5. The van der Waals surface area contributed by atoms with Crippen LogP contribution in [0.15, 0.2) is 42.5 Å². The first-order valence-electron chi connectivity index (χ1n) is 8.75. The molecule has 4 rings (SSSR count). The topological polar surface area (TPSA) is 50.8 Å². The van der Waals surface area contributed by atoms with Crippen LogP contribution in [0.1, 0.15) is 28.4 Å². The Kier molecular flexibility index (Phi) is 5.69. The van der Waals surface area contributed by atoms with Gasteiger partial charge in [-0.05, 0) is 42.3 Å². The first-order valence-corrected chi connectivity index (χ1v) is 8.75. The third kappa shape index (κ3) is 3.64. The summed E-state index contributed by atoms with van der Waals surface area (Å²) in [5, 5.41) is 3.31. The number of rotatable bonds is 4. The van der Waals surface area contributed by atoms with Crippen molar-refractivity contribution in [2.75, 3.05) is 19.7 Å². The van der Waals surface area contributed by atoms with Crippen molar-refractivity contribution in [3.63, 3.8) is 0 Å². The molecule has 138 valence electrons. The largest absolute Gasteiger partial charge is 0.486 e. The van der Waals surface area contributed by atoms with Crippen LogP contribution in [0, 0.1) is 0 Å². The Morgan fingerprint density at radius 2 is 1.92 bits per heavy atom. The van der Waals surface area contributed by atoms with Gasteiger partial charge < -0.3 is 19.7 Å². The molecule has 0 aliphatic carbocycles. The second-order valence-corrected chi connectivity index (χ2v) is 6.43. The summed E-state index contributed by atoms with van der Waals surface area (Å²) in [6.45, 7) is 5.31. The monoisotopic (exact) mass is 374 g/mol. The van der Waals surface area contributed by atoms with Gasteiger partial charge in [-0.1, -0.05) is 18.2 Å². The van der Waals surface area contributed by atoms with Crippen LogP contribution in [0.2, 0.25) is 0 Å². The second kappa shape index (κ2) is 7.98. The molecule has 2 aromatic carbocycles. The van der Waals surface area contributed by atoms with E-state index >= 15 is 0 Å². The van der Waals surface area contributed by atoms with Crippen LogP contribution in [-0.4, -0.2) is 36.6 Å². The Morgan fingerprint density at radius 1 is 1.15 bits per heavy atom. The average Bonchev–Trinajstić information content (AvgIpc) is 3.13. The van der Waals surface area contributed by atoms with Gasteiger partial charge in [0, 0.05) is 25.2 Å². The summed E-state index contributed by atoms with van der Waals surface area (Å²) in [7, 11) is 0. The van der Waals surface area contributed by atoms with E-state index in [-0.39, 0.29) is 24.4 Å². The number of para-hydroxylation sites is 2. The number of benzene rings is 2. The molecule has 2 heterocycles. The molecule has 2 aliphatic rings. The van der Waals surface area contributed by atoms with E-state index in [1.54, 1.807) is 0 Å². The lowest BCUT2D eigenvalue weighted by molar-refractivity contribution is 0.0475. The van der Waals surface area contributed by atoms with Gasteiger partial charge in [0.2, 0.25) is 0 Å². The first kappa shape index (κ1) is 18.5. The van der Waals surface area contributed by atoms with Crippen molar-refractivity contribution < 1.29 is 14.3 Å². The lowest BCUT2D eigenvalue weighted by atomic mass is 10.1. The maximum atomic E-state index is 12.9. The number of amides is 1. The zero-order valence-electron chi connectivity index (χ0n) is 14.7. The van der Waals surface area contributed by atoms with Gasteiger partial charge in [0.15, 0.2) is 17.6 Å². The minimum Gasteiger partial charge on any atom is -0.486 e. The highest BCUT2D eigenvalue weighted by Crippen LogP contribution is 2.31. The average molecular weight is 375 g/mol. The number of ether oxygens (including phenoxy) is 2. The van der Waals surface area contributed by atoms with E-state index in [0.717, 1.165) is 30.2 Å². The van der Waals surface area contributed by atoms with Gasteiger partial charge in [-0.15, -0.1) is 12.4 Å². The van der Waals surface area contributed by atoms with Crippen molar-refractivity contribution in [1.29, 1.82) is 0 Å². The summed E-state index contributed by atoms with van der Waals surface area (Å²) >= 11 is 0. The van der Waals surface area contributed by atoms with Crippen molar-refractivity contribution in [3.05, 3.63) is 59.2 Å². The maximum absolute atomic E-state index is 12.9.